The summed E-state index contributed by atoms with van der Waals surface area (Å²) in [6, 6.07) is 15.0. The van der Waals surface area contributed by atoms with Crippen LogP contribution in [0.2, 0.25) is 5.02 Å². The van der Waals surface area contributed by atoms with Crippen LogP contribution in [-0.2, 0) is 6.42 Å². The average molecular weight is 391 g/mol. The molecule has 1 unspecified atom stereocenters. The highest BCUT2D eigenvalue weighted by Gasteiger charge is 2.25. The van der Waals surface area contributed by atoms with Gasteiger partial charge in [-0.05, 0) is 67.6 Å². The van der Waals surface area contributed by atoms with E-state index in [1.807, 2.05) is 18.2 Å². The van der Waals surface area contributed by atoms with E-state index >= 15 is 0 Å². The first kappa shape index (κ1) is 19.1. The number of ether oxygens (including phenoxy) is 1. The Hall–Kier alpha value is -1.68. The molecular weight excluding hydrogens is 367 g/mol. The second kappa shape index (κ2) is 7.91. The molecule has 0 radical (unpaired) electrons. The fourth-order valence-corrected chi connectivity index (χ4v) is 4.06. The number of nitrogens with one attached hydrogen (secondary N) is 2. The van der Waals surface area contributed by atoms with Gasteiger partial charge in [-0.1, -0.05) is 23.7 Å². The summed E-state index contributed by atoms with van der Waals surface area (Å²) >= 11 is 6.20. The second-order valence-corrected chi connectivity index (χ2v) is 7.25. The van der Waals surface area contributed by atoms with E-state index in [9.17, 15) is 0 Å². The Kier molecular flexibility index (Phi) is 5.81. The van der Waals surface area contributed by atoms with Crippen LogP contribution in [0.5, 0.6) is 5.75 Å². The van der Waals surface area contributed by atoms with E-state index in [1.165, 1.54) is 34.1 Å². The molecule has 1 aromatic heterocycles. The summed E-state index contributed by atoms with van der Waals surface area (Å²) < 4.78 is 5.25. The molecule has 2 atom stereocenters. The molecule has 1 aliphatic carbocycles. The number of aromatic nitrogens is 1. The van der Waals surface area contributed by atoms with Gasteiger partial charge in [-0.3, -0.25) is 0 Å². The summed E-state index contributed by atoms with van der Waals surface area (Å²) in [6.07, 6.45) is 3.46. The molecule has 4 rings (SSSR count). The van der Waals surface area contributed by atoms with Crippen molar-refractivity contribution in [3.63, 3.8) is 0 Å². The topological polar surface area (TPSA) is 37.0 Å². The van der Waals surface area contributed by atoms with Crippen LogP contribution in [0.3, 0.4) is 0 Å². The highest BCUT2D eigenvalue weighted by atomic mass is 35.5. The smallest absolute Gasteiger partial charge is 0.118 e. The largest absolute Gasteiger partial charge is 0.497 e. The maximum absolute atomic E-state index is 6.20. The van der Waals surface area contributed by atoms with Gasteiger partial charge in [0.25, 0.3) is 0 Å². The van der Waals surface area contributed by atoms with Crippen LogP contribution in [0.25, 0.3) is 10.9 Å². The minimum atomic E-state index is 0. The normalized spacial score (nSPS) is 17.4. The first-order valence-electron chi connectivity index (χ1n) is 8.85. The zero-order chi connectivity index (χ0) is 17.4. The maximum atomic E-state index is 6.20. The van der Waals surface area contributed by atoms with Gasteiger partial charge in [-0.2, -0.15) is 0 Å². The van der Waals surface area contributed by atoms with E-state index < -0.39 is 0 Å². The summed E-state index contributed by atoms with van der Waals surface area (Å²) in [5.74, 6) is 0.892. The molecule has 5 heteroatoms. The zero-order valence-electron chi connectivity index (χ0n) is 15.0. The maximum Gasteiger partial charge on any atom is 0.118 e. The molecule has 0 fully saturated rings. The van der Waals surface area contributed by atoms with Gasteiger partial charge < -0.3 is 15.0 Å². The monoisotopic (exact) mass is 390 g/mol. The number of fused-ring (bicyclic) bond motifs is 3. The van der Waals surface area contributed by atoms with Gasteiger partial charge in [0.1, 0.15) is 5.75 Å². The van der Waals surface area contributed by atoms with Crippen LogP contribution in [0.1, 0.15) is 48.7 Å². The molecule has 2 N–H and O–H groups in total. The van der Waals surface area contributed by atoms with Gasteiger partial charge >= 0.3 is 0 Å². The number of benzene rings is 2. The first-order chi connectivity index (χ1) is 12.2. The Balaban J connectivity index is 0.00000196. The van der Waals surface area contributed by atoms with E-state index in [4.69, 9.17) is 16.3 Å². The molecule has 0 saturated heterocycles. The van der Waals surface area contributed by atoms with Crippen molar-refractivity contribution in [1.82, 2.24) is 10.3 Å². The molecule has 1 aliphatic rings. The molecule has 0 bridgehead atoms. The van der Waals surface area contributed by atoms with Gasteiger partial charge in [0.15, 0.2) is 0 Å². The Bertz CT molecular complexity index is 889. The van der Waals surface area contributed by atoms with Crippen molar-refractivity contribution in [3.05, 3.63) is 64.3 Å². The quantitative estimate of drug-likeness (QED) is 0.574. The fourth-order valence-electron chi connectivity index (χ4n) is 3.89. The van der Waals surface area contributed by atoms with Gasteiger partial charge in [0, 0.05) is 33.7 Å². The Morgan fingerprint density at radius 2 is 1.96 bits per heavy atom. The number of rotatable bonds is 4. The molecule has 3 nitrogen and oxygen atoms in total. The lowest BCUT2D eigenvalue weighted by Crippen LogP contribution is -2.27. The number of hydrogen-bond donors (Lipinski definition) is 2. The lowest BCUT2D eigenvalue weighted by molar-refractivity contribution is 0.406. The standard InChI is InChI=1S/C21H23ClN2O.ClH/c1-13(14-6-9-16(25-2)10-7-14)23-20-5-3-4-17-18-12-15(22)8-11-19(18)24-21(17)20;/h6-13,20,23-24H,3-5H2,1-2H3;1H/t13?,20-;/m0./s1. The van der Waals surface area contributed by atoms with Crippen molar-refractivity contribution >= 4 is 34.9 Å². The summed E-state index contributed by atoms with van der Waals surface area (Å²) in [7, 11) is 1.70. The Labute approximate surface area is 165 Å². The van der Waals surface area contributed by atoms with Crippen molar-refractivity contribution in [2.24, 2.45) is 0 Å². The minimum Gasteiger partial charge on any atom is -0.497 e. The van der Waals surface area contributed by atoms with Crippen molar-refractivity contribution in [1.29, 1.82) is 0 Å². The third kappa shape index (κ3) is 3.57. The lowest BCUT2D eigenvalue weighted by atomic mass is 9.91. The van der Waals surface area contributed by atoms with Crippen LogP contribution in [-0.4, -0.2) is 12.1 Å². The predicted molar refractivity (Wildman–Crippen MR) is 111 cm³/mol. The summed E-state index contributed by atoms with van der Waals surface area (Å²) in [6.45, 7) is 2.22. The van der Waals surface area contributed by atoms with E-state index in [1.54, 1.807) is 7.11 Å². The molecule has 0 aliphatic heterocycles. The summed E-state index contributed by atoms with van der Waals surface area (Å²) in [5.41, 5.74) is 5.19. The van der Waals surface area contributed by atoms with Gasteiger partial charge in [-0.25, -0.2) is 0 Å². The predicted octanol–water partition coefficient (Wildman–Crippen LogP) is 5.98. The van der Waals surface area contributed by atoms with Crippen LogP contribution < -0.4 is 10.1 Å². The second-order valence-electron chi connectivity index (χ2n) is 6.81. The number of aryl methyl sites for hydroxylation is 1. The van der Waals surface area contributed by atoms with E-state index in [-0.39, 0.29) is 18.4 Å². The van der Waals surface area contributed by atoms with E-state index in [0.717, 1.165) is 23.6 Å². The Morgan fingerprint density at radius 3 is 2.69 bits per heavy atom. The highest BCUT2D eigenvalue weighted by molar-refractivity contribution is 6.31. The van der Waals surface area contributed by atoms with Crippen LogP contribution in [0.15, 0.2) is 42.5 Å². The van der Waals surface area contributed by atoms with Crippen LogP contribution in [0.4, 0.5) is 0 Å². The van der Waals surface area contributed by atoms with Gasteiger partial charge in [-0.15, -0.1) is 12.4 Å². The number of methoxy groups -OCH3 is 1. The third-order valence-corrected chi connectivity index (χ3v) is 5.47. The van der Waals surface area contributed by atoms with Crippen LogP contribution >= 0.6 is 24.0 Å². The molecule has 0 saturated carbocycles. The molecular formula is C21H24Cl2N2O. The number of H-pyrrole nitrogens is 1. The lowest BCUT2D eigenvalue weighted by Gasteiger charge is -2.27. The van der Waals surface area contributed by atoms with Crippen LogP contribution in [0, 0.1) is 0 Å². The number of hydrogen-bond acceptors (Lipinski definition) is 2. The molecule has 3 aromatic rings. The zero-order valence-corrected chi connectivity index (χ0v) is 16.6. The summed E-state index contributed by atoms with van der Waals surface area (Å²) in [4.78, 5) is 3.63. The molecule has 1 heterocycles. The summed E-state index contributed by atoms with van der Waals surface area (Å²) in [5, 5.41) is 5.87. The minimum absolute atomic E-state index is 0. The molecule has 0 amide bonds. The van der Waals surface area contributed by atoms with Crippen molar-refractivity contribution in [3.8, 4) is 5.75 Å². The van der Waals surface area contributed by atoms with Gasteiger partial charge in [0.2, 0.25) is 0 Å². The molecule has 2 aromatic carbocycles. The molecule has 0 spiro atoms. The third-order valence-electron chi connectivity index (χ3n) is 5.24. The molecule has 138 valence electrons. The average Bonchev–Trinajstić information content (AvgIpc) is 3.01. The van der Waals surface area contributed by atoms with E-state index in [0.29, 0.717) is 6.04 Å². The van der Waals surface area contributed by atoms with Crippen molar-refractivity contribution in [2.75, 3.05) is 7.11 Å². The molecule has 26 heavy (non-hydrogen) atoms. The van der Waals surface area contributed by atoms with Crippen molar-refractivity contribution in [2.45, 2.75) is 38.3 Å². The highest BCUT2D eigenvalue weighted by Crippen LogP contribution is 2.37. The fraction of sp³-hybridized carbons (Fsp3) is 0.333. The number of halogens is 2. The van der Waals surface area contributed by atoms with E-state index in [2.05, 4.69) is 41.5 Å². The van der Waals surface area contributed by atoms with Gasteiger partial charge in [0.05, 0.1) is 7.11 Å². The number of aromatic amines is 1. The van der Waals surface area contributed by atoms with Crippen molar-refractivity contribution < 1.29 is 4.74 Å². The first-order valence-corrected chi connectivity index (χ1v) is 9.23. The Morgan fingerprint density at radius 1 is 1.19 bits per heavy atom. The SMILES string of the molecule is COc1ccc(C(C)N[C@H]2CCCc3c2[nH]c2ccc(Cl)cc32)cc1.Cl.